The van der Waals surface area contributed by atoms with E-state index in [0.717, 1.165) is 13.1 Å². The number of nitrogens with zero attached hydrogens (tertiary/aromatic N) is 1. The van der Waals surface area contributed by atoms with Gasteiger partial charge in [0, 0.05) is 31.2 Å². The largest absolute Gasteiger partial charge is 0.340 e. The number of benzene rings is 1. The summed E-state index contributed by atoms with van der Waals surface area (Å²) in [4.78, 5) is 27.1. The fourth-order valence-electron chi connectivity index (χ4n) is 2.71. The van der Waals surface area contributed by atoms with Crippen LogP contribution in [0.5, 0.6) is 0 Å². The molecule has 1 saturated heterocycles. The van der Waals surface area contributed by atoms with Gasteiger partial charge < -0.3 is 15.5 Å². The van der Waals surface area contributed by atoms with Gasteiger partial charge in [-0.1, -0.05) is 37.0 Å². The van der Waals surface area contributed by atoms with Gasteiger partial charge in [0.2, 0.25) is 5.91 Å². The average Bonchev–Trinajstić information content (AvgIpc) is 2.53. The van der Waals surface area contributed by atoms with Gasteiger partial charge in [-0.15, -0.1) is 0 Å². The van der Waals surface area contributed by atoms with Crippen LogP contribution < -0.4 is 10.6 Å². The molecule has 0 spiro atoms. The van der Waals surface area contributed by atoms with Gasteiger partial charge >= 0.3 is 0 Å². The van der Waals surface area contributed by atoms with E-state index in [1.807, 2.05) is 13.8 Å². The lowest BCUT2D eigenvalue weighted by atomic mass is 10.0. The number of carbonyl (C=O) groups excluding carboxylic acids is 2. The molecule has 2 rings (SSSR count). The van der Waals surface area contributed by atoms with Gasteiger partial charge in [-0.05, 0) is 30.5 Å². The van der Waals surface area contributed by atoms with Crippen molar-refractivity contribution in [1.82, 2.24) is 15.5 Å². The molecule has 1 unspecified atom stereocenters. The fraction of sp³-hybridized carbons (Fsp3) is 0.529. The Bertz CT molecular complexity index is 601. The molecular formula is C17H23Cl2N3O2. The molecule has 1 aromatic carbocycles. The standard InChI is InChI=1S/C17H23Cl2N3O2/c1-11(2)9-15(17(24)22-7-5-20-6-8-22)21-16(23)13-4-3-12(18)10-14(13)19/h3-4,10-11,15,20H,5-9H2,1-2H3,(H,21,23). The van der Waals surface area contributed by atoms with Crippen molar-refractivity contribution in [3.05, 3.63) is 33.8 Å². The Balaban J connectivity index is 2.12. The fourth-order valence-corrected chi connectivity index (χ4v) is 3.20. The smallest absolute Gasteiger partial charge is 0.253 e. The van der Waals surface area contributed by atoms with Gasteiger partial charge in [0.25, 0.3) is 5.91 Å². The lowest BCUT2D eigenvalue weighted by molar-refractivity contribution is -0.134. The van der Waals surface area contributed by atoms with Crippen molar-refractivity contribution < 1.29 is 9.59 Å². The van der Waals surface area contributed by atoms with E-state index in [-0.39, 0.29) is 22.8 Å². The second-order valence-electron chi connectivity index (χ2n) is 6.36. The van der Waals surface area contributed by atoms with E-state index in [4.69, 9.17) is 23.2 Å². The number of carbonyl (C=O) groups is 2. The molecule has 7 heteroatoms. The summed E-state index contributed by atoms with van der Waals surface area (Å²) >= 11 is 12.0. The van der Waals surface area contributed by atoms with Gasteiger partial charge in [-0.25, -0.2) is 0 Å². The Hall–Kier alpha value is -1.30. The highest BCUT2D eigenvalue weighted by Gasteiger charge is 2.28. The zero-order valence-electron chi connectivity index (χ0n) is 13.9. The maximum Gasteiger partial charge on any atom is 0.253 e. The molecule has 0 aromatic heterocycles. The predicted octanol–water partition coefficient (Wildman–Crippen LogP) is 2.57. The van der Waals surface area contributed by atoms with Gasteiger partial charge in [0.15, 0.2) is 0 Å². The maximum atomic E-state index is 12.8. The van der Waals surface area contributed by atoms with Crippen LogP contribution in [0.4, 0.5) is 0 Å². The number of hydrogen-bond acceptors (Lipinski definition) is 3. The molecule has 1 aliphatic heterocycles. The molecule has 0 aliphatic carbocycles. The van der Waals surface area contributed by atoms with E-state index in [0.29, 0.717) is 30.1 Å². The third-order valence-corrected chi connectivity index (χ3v) is 4.46. The first-order chi connectivity index (χ1) is 11.4. The topological polar surface area (TPSA) is 61.4 Å². The molecule has 2 N–H and O–H groups in total. The maximum absolute atomic E-state index is 12.8. The monoisotopic (exact) mass is 371 g/mol. The summed E-state index contributed by atoms with van der Waals surface area (Å²) in [6, 6.07) is 4.15. The lowest BCUT2D eigenvalue weighted by Gasteiger charge is -2.31. The molecule has 5 nitrogen and oxygen atoms in total. The first-order valence-electron chi connectivity index (χ1n) is 8.14. The summed E-state index contributed by atoms with van der Waals surface area (Å²) in [5, 5.41) is 6.80. The van der Waals surface area contributed by atoms with Crippen LogP contribution in [0.15, 0.2) is 18.2 Å². The van der Waals surface area contributed by atoms with Crippen molar-refractivity contribution in [2.45, 2.75) is 26.3 Å². The summed E-state index contributed by atoms with van der Waals surface area (Å²) in [5.74, 6) is -0.114. The molecule has 0 saturated carbocycles. The molecular weight excluding hydrogens is 349 g/mol. The molecule has 1 aliphatic rings. The Morgan fingerprint density at radius 1 is 1.25 bits per heavy atom. The van der Waals surface area contributed by atoms with Crippen LogP contribution in [0.3, 0.4) is 0 Å². The molecule has 0 bridgehead atoms. The first kappa shape index (κ1) is 19.0. The SMILES string of the molecule is CC(C)CC(NC(=O)c1ccc(Cl)cc1Cl)C(=O)N1CCNCC1. The van der Waals surface area contributed by atoms with E-state index in [2.05, 4.69) is 10.6 Å². The average molecular weight is 372 g/mol. The van der Waals surface area contributed by atoms with Crippen molar-refractivity contribution in [3.8, 4) is 0 Å². The number of nitrogens with one attached hydrogen (secondary N) is 2. The number of piperazine rings is 1. The van der Waals surface area contributed by atoms with Crippen LogP contribution in [0, 0.1) is 5.92 Å². The number of amides is 2. The predicted molar refractivity (Wildman–Crippen MR) is 96.6 cm³/mol. The summed E-state index contributed by atoms with van der Waals surface area (Å²) < 4.78 is 0. The zero-order chi connectivity index (χ0) is 17.7. The second kappa shape index (κ2) is 8.70. The van der Waals surface area contributed by atoms with Gasteiger partial charge in [-0.2, -0.15) is 0 Å². The van der Waals surface area contributed by atoms with Crippen LogP contribution in [0.1, 0.15) is 30.6 Å². The normalized spacial score (nSPS) is 16.1. The Morgan fingerprint density at radius 3 is 2.50 bits per heavy atom. The Morgan fingerprint density at radius 2 is 1.92 bits per heavy atom. The van der Waals surface area contributed by atoms with E-state index in [9.17, 15) is 9.59 Å². The van der Waals surface area contributed by atoms with Crippen LogP contribution in [0.2, 0.25) is 10.0 Å². The molecule has 24 heavy (non-hydrogen) atoms. The summed E-state index contributed by atoms with van der Waals surface area (Å²) in [5.41, 5.74) is 0.322. The third-order valence-electron chi connectivity index (χ3n) is 3.91. The quantitative estimate of drug-likeness (QED) is 0.835. The van der Waals surface area contributed by atoms with Crippen LogP contribution in [0.25, 0.3) is 0 Å². The minimum atomic E-state index is -0.553. The molecule has 2 amide bonds. The first-order valence-corrected chi connectivity index (χ1v) is 8.89. The van der Waals surface area contributed by atoms with Crippen molar-refractivity contribution in [3.63, 3.8) is 0 Å². The number of halogens is 2. The van der Waals surface area contributed by atoms with E-state index < -0.39 is 6.04 Å². The summed E-state index contributed by atoms with van der Waals surface area (Å²) in [6.45, 7) is 6.92. The number of rotatable bonds is 5. The van der Waals surface area contributed by atoms with E-state index in [1.54, 1.807) is 17.0 Å². The van der Waals surface area contributed by atoms with Gasteiger partial charge in [0.1, 0.15) is 6.04 Å². The molecule has 1 heterocycles. The number of hydrogen-bond donors (Lipinski definition) is 2. The Kier molecular flexibility index (Phi) is 6.90. The minimum Gasteiger partial charge on any atom is -0.340 e. The van der Waals surface area contributed by atoms with E-state index in [1.165, 1.54) is 6.07 Å². The minimum absolute atomic E-state index is 0.0383. The van der Waals surface area contributed by atoms with Crippen molar-refractivity contribution in [2.24, 2.45) is 5.92 Å². The molecule has 1 aromatic rings. The molecule has 1 atom stereocenters. The van der Waals surface area contributed by atoms with Crippen LogP contribution in [-0.2, 0) is 4.79 Å². The summed E-state index contributed by atoms with van der Waals surface area (Å²) in [6.07, 6.45) is 0.583. The third kappa shape index (κ3) is 5.10. The molecule has 132 valence electrons. The van der Waals surface area contributed by atoms with Crippen LogP contribution >= 0.6 is 23.2 Å². The van der Waals surface area contributed by atoms with Crippen LogP contribution in [-0.4, -0.2) is 48.9 Å². The van der Waals surface area contributed by atoms with Gasteiger partial charge in [0.05, 0.1) is 10.6 Å². The zero-order valence-corrected chi connectivity index (χ0v) is 15.5. The lowest BCUT2D eigenvalue weighted by Crippen LogP contribution is -2.54. The molecule has 0 radical (unpaired) electrons. The van der Waals surface area contributed by atoms with Crippen molar-refractivity contribution in [2.75, 3.05) is 26.2 Å². The highest BCUT2D eigenvalue weighted by Crippen LogP contribution is 2.21. The highest BCUT2D eigenvalue weighted by atomic mass is 35.5. The van der Waals surface area contributed by atoms with E-state index >= 15 is 0 Å². The second-order valence-corrected chi connectivity index (χ2v) is 7.20. The van der Waals surface area contributed by atoms with Crippen molar-refractivity contribution in [1.29, 1.82) is 0 Å². The van der Waals surface area contributed by atoms with Gasteiger partial charge in [-0.3, -0.25) is 9.59 Å². The summed E-state index contributed by atoms with van der Waals surface area (Å²) in [7, 11) is 0. The highest BCUT2D eigenvalue weighted by molar-refractivity contribution is 6.36. The Labute approximate surface area is 152 Å². The van der Waals surface area contributed by atoms with Crippen molar-refractivity contribution >= 4 is 35.0 Å². The molecule has 1 fully saturated rings.